The molecular weight excluding hydrogens is 182 g/mol. The van der Waals surface area contributed by atoms with Crippen molar-refractivity contribution in [3.63, 3.8) is 0 Å². The van der Waals surface area contributed by atoms with Crippen LogP contribution in [0.3, 0.4) is 0 Å². The molecule has 3 heteroatoms. The minimum atomic E-state index is -0.140. The SMILES string of the molecule is CCCC(O)CNCC1CCSC1. The molecule has 2 atom stereocenters. The molecule has 1 fully saturated rings. The van der Waals surface area contributed by atoms with Crippen LogP contribution in [0.5, 0.6) is 0 Å². The Morgan fingerprint density at radius 3 is 3.08 bits per heavy atom. The van der Waals surface area contributed by atoms with E-state index in [1.165, 1.54) is 17.9 Å². The lowest BCUT2D eigenvalue weighted by atomic mass is 10.1. The van der Waals surface area contributed by atoms with Gasteiger partial charge in [0.2, 0.25) is 0 Å². The smallest absolute Gasteiger partial charge is 0.0664 e. The second kappa shape index (κ2) is 6.68. The van der Waals surface area contributed by atoms with Crippen molar-refractivity contribution in [2.45, 2.75) is 32.3 Å². The lowest BCUT2D eigenvalue weighted by molar-refractivity contribution is 0.159. The third-order valence-electron chi connectivity index (χ3n) is 2.46. The molecule has 1 heterocycles. The number of aliphatic hydroxyl groups is 1. The summed E-state index contributed by atoms with van der Waals surface area (Å²) in [6.07, 6.45) is 3.20. The maximum atomic E-state index is 9.46. The summed E-state index contributed by atoms with van der Waals surface area (Å²) in [5, 5.41) is 12.8. The fourth-order valence-electron chi connectivity index (χ4n) is 1.63. The molecule has 0 aliphatic carbocycles. The molecule has 0 amide bonds. The Bertz CT molecular complexity index is 126. The van der Waals surface area contributed by atoms with Crippen molar-refractivity contribution in [3.8, 4) is 0 Å². The highest BCUT2D eigenvalue weighted by Crippen LogP contribution is 2.22. The first-order valence-electron chi connectivity index (χ1n) is 5.29. The summed E-state index contributed by atoms with van der Waals surface area (Å²) >= 11 is 2.05. The van der Waals surface area contributed by atoms with E-state index in [1.807, 2.05) is 11.8 Å². The van der Waals surface area contributed by atoms with Crippen LogP contribution in [-0.4, -0.2) is 35.8 Å². The van der Waals surface area contributed by atoms with Crippen LogP contribution in [-0.2, 0) is 0 Å². The predicted octanol–water partition coefficient (Wildman–Crippen LogP) is 1.49. The Balaban J connectivity index is 1.93. The quantitative estimate of drug-likeness (QED) is 0.686. The normalized spacial score (nSPS) is 24.9. The molecule has 2 N–H and O–H groups in total. The summed E-state index contributed by atoms with van der Waals surface area (Å²) < 4.78 is 0. The van der Waals surface area contributed by atoms with Crippen LogP contribution in [0.25, 0.3) is 0 Å². The van der Waals surface area contributed by atoms with Crippen molar-refractivity contribution in [2.24, 2.45) is 5.92 Å². The molecule has 2 nitrogen and oxygen atoms in total. The monoisotopic (exact) mass is 203 g/mol. The number of rotatable bonds is 6. The van der Waals surface area contributed by atoms with Crippen molar-refractivity contribution in [1.29, 1.82) is 0 Å². The second-order valence-electron chi connectivity index (χ2n) is 3.83. The molecule has 1 rings (SSSR count). The van der Waals surface area contributed by atoms with Gasteiger partial charge in [0.1, 0.15) is 0 Å². The lowest BCUT2D eigenvalue weighted by Crippen LogP contribution is -2.30. The molecule has 1 aliphatic heterocycles. The average Bonchev–Trinajstić information content (AvgIpc) is 2.57. The highest BCUT2D eigenvalue weighted by atomic mass is 32.2. The molecule has 0 radical (unpaired) electrons. The van der Waals surface area contributed by atoms with Gasteiger partial charge in [-0.2, -0.15) is 11.8 Å². The van der Waals surface area contributed by atoms with Crippen LogP contribution >= 0.6 is 11.8 Å². The van der Waals surface area contributed by atoms with Gasteiger partial charge in [-0.25, -0.2) is 0 Å². The average molecular weight is 203 g/mol. The van der Waals surface area contributed by atoms with E-state index in [-0.39, 0.29) is 6.10 Å². The highest BCUT2D eigenvalue weighted by molar-refractivity contribution is 7.99. The first kappa shape index (κ1) is 11.3. The summed E-state index contributed by atoms with van der Waals surface area (Å²) in [5.41, 5.74) is 0. The van der Waals surface area contributed by atoms with Crippen LogP contribution in [0.2, 0.25) is 0 Å². The molecular formula is C10H21NOS. The minimum Gasteiger partial charge on any atom is -0.392 e. The molecule has 0 saturated carbocycles. The van der Waals surface area contributed by atoms with E-state index in [4.69, 9.17) is 0 Å². The number of thioether (sulfide) groups is 1. The van der Waals surface area contributed by atoms with E-state index >= 15 is 0 Å². The van der Waals surface area contributed by atoms with Gasteiger partial charge in [-0.1, -0.05) is 13.3 Å². The number of aliphatic hydroxyl groups excluding tert-OH is 1. The first-order chi connectivity index (χ1) is 6.33. The molecule has 13 heavy (non-hydrogen) atoms. The van der Waals surface area contributed by atoms with Gasteiger partial charge in [0.15, 0.2) is 0 Å². The second-order valence-corrected chi connectivity index (χ2v) is 4.98. The third kappa shape index (κ3) is 4.89. The van der Waals surface area contributed by atoms with Crippen LogP contribution in [0.4, 0.5) is 0 Å². The van der Waals surface area contributed by atoms with E-state index in [9.17, 15) is 5.11 Å². The van der Waals surface area contributed by atoms with Crippen molar-refractivity contribution in [3.05, 3.63) is 0 Å². The van der Waals surface area contributed by atoms with Gasteiger partial charge in [-0.05, 0) is 36.8 Å². The maximum absolute atomic E-state index is 9.46. The van der Waals surface area contributed by atoms with Gasteiger partial charge in [-0.3, -0.25) is 0 Å². The van der Waals surface area contributed by atoms with Crippen molar-refractivity contribution in [1.82, 2.24) is 5.32 Å². The standard InChI is InChI=1S/C10H21NOS/c1-2-3-10(12)7-11-6-9-4-5-13-8-9/h9-12H,2-8H2,1H3. The Morgan fingerprint density at radius 1 is 1.62 bits per heavy atom. The first-order valence-corrected chi connectivity index (χ1v) is 6.45. The Labute approximate surface area is 85.5 Å². The molecule has 78 valence electrons. The van der Waals surface area contributed by atoms with Crippen LogP contribution in [0.15, 0.2) is 0 Å². The molecule has 2 unspecified atom stereocenters. The van der Waals surface area contributed by atoms with Crippen molar-refractivity contribution >= 4 is 11.8 Å². The molecule has 1 aliphatic rings. The van der Waals surface area contributed by atoms with Gasteiger partial charge in [0.25, 0.3) is 0 Å². The summed E-state index contributed by atoms with van der Waals surface area (Å²) in [4.78, 5) is 0. The lowest BCUT2D eigenvalue weighted by Gasteiger charge is -2.13. The summed E-state index contributed by atoms with van der Waals surface area (Å²) in [7, 11) is 0. The number of hydrogen-bond donors (Lipinski definition) is 2. The summed E-state index contributed by atoms with van der Waals surface area (Å²) in [5.74, 6) is 3.47. The van der Waals surface area contributed by atoms with Crippen LogP contribution in [0, 0.1) is 5.92 Å². The maximum Gasteiger partial charge on any atom is 0.0664 e. The molecule has 1 saturated heterocycles. The van der Waals surface area contributed by atoms with E-state index in [1.54, 1.807) is 0 Å². The fraction of sp³-hybridized carbons (Fsp3) is 1.00. The van der Waals surface area contributed by atoms with Crippen LogP contribution in [0.1, 0.15) is 26.2 Å². The zero-order valence-electron chi connectivity index (χ0n) is 8.46. The van der Waals surface area contributed by atoms with Crippen molar-refractivity contribution < 1.29 is 5.11 Å². The molecule has 0 aromatic heterocycles. The molecule has 0 spiro atoms. The largest absolute Gasteiger partial charge is 0.392 e. The van der Waals surface area contributed by atoms with Gasteiger partial charge in [0, 0.05) is 6.54 Å². The number of nitrogens with one attached hydrogen (secondary N) is 1. The summed E-state index contributed by atoms with van der Waals surface area (Å²) in [6, 6.07) is 0. The molecule has 0 aromatic carbocycles. The zero-order valence-corrected chi connectivity index (χ0v) is 9.28. The van der Waals surface area contributed by atoms with E-state index in [2.05, 4.69) is 12.2 Å². The van der Waals surface area contributed by atoms with Gasteiger partial charge < -0.3 is 10.4 Å². The van der Waals surface area contributed by atoms with Gasteiger partial charge >= 0.3 is 0 Å². The van der Waals surface area contributed by atoms with Gasteiger partial charge in [0.05, 0.1) is 6.10 Å². The Hall–Kier alpha value is 0.270. The van der Waals surface area contributed by atoms with E-state index in [0.717, 1.165) is 31.8 Å². The van der Waals surface area contributed by atoms with E-state index in [0.29, 0.717) is 0 Å². The number of hydrogen-bond acceptors (Lipinski definition) is 3. The topological polar surface area (TPSA) is 32.3 Å². The third-order valence-corrected chi connectivity index (χ3v) is 3.69. The zero-order chi connectivity index (χ0) is 9.52. The predicted molar refractivity (Wildman–Crippen MR) is 59.2 cm³/mol. The highest BCUT2D eigenvalue weighted by Gasteiger charge is 2.14. The Kier molecular flexibility index (Phi) is 5.83. The van der Waals surface area contributed by atoms with Crippen LogP contribution < -0.4 is 5.32 Å². The van der Waals surface area contributed by atoms with Gasteiger partial charge in [-0.15, -0.1) is 0 Å². The van der Waals surface area contributed by atoms with E-state index < -0.39 is 0 Å². The fourth-order valence-corrected chi connectivity index (χ4v) is 2.92. The molecule has 0 aromatic rings. The molecule has 0 bridgehead atoms. The Morgan fingerprint density at radius 2 is 2.46 bits per heavy atom. The summed E-state index contributed by atoms with van der Waals surface area (Å²) in [6.45, 7) is 3.97. The van der Waals surface area contributed by atoms with Crippen molar-refractivity contribution in [2.75, 3.05) is 24.6 Å². The minimum absolute atomic E-state index is 0.140.